The number of halogens is 3. The van der Waals surface area contributed by atoms with E-state index in [0.29, 0.717) is 17.4 Å². The molecule has 1 heterocycles. The molecule has 0 saturated heterocycles. The van der Waals surface area contributed by atoms with Crippen molar-refractivity contribution in [2.24, 2.45) is 5.73 Å². The maximum Gasteiger partial charge on any atom is 0.416 e. The number of hydrogen-bond acceptors (Lipinski definition) is 6. The first kappa shape index (κ1) is 21.9. The van der Waals surface area contributed by atoms with E-state index in [1.807, 2.05) is 0 Å². The lowest BCUT2D eigenvalue weighted by Gasteiger charge is -2.16. The fraction of sp³-hybridized carbons (Fsp3) is 0.250. The number of nitrogens with one attached hydrogen (secondary N) is 1. The van der Waals surface area contributed by atoms with Crippen molar-refractivity contribution in [1.82, 2.24) is 0 Å². The number of aliphatic hydroxyl groups is 1. The van der Waals surface area contributed by atoms with Gasteiger partial charge in [-0.3, -0.25) is 9.59 Å². The van der Waals surface area contributed by atoms with Gasteiger partial charge in [-0.1, -0.05) is 6.07 Å². The molecule has 7 nitrogen and oxygen atoms in total. The summed E-state index contributed by atoms with van der Waals surface area (Å²) < 4.78 is 63.5. The van der Waals surface area contributed by atoms with E-state index in [1.165, 1.54) is 13.8 Å². The highest BCUT2D eigenvalue weighted by atomic mass is 32.2. The standard InChI is InChI=1S/C16H15F3N2O5S2/c1-15(2,24)14(23)21-13-10(12(20)22)7-11(27-13)28(25,26)9-5-3-4-8(6-9)16(17,18)19/h3-7,24H,1-2H3,(H2,20,22)(H,21,23). The number of thiophene rings is 1. The number of nitrogens with two attached hydrogens (primary N) is 1. The second-order valence-electron chi connectivity index (χ2n) is 6.21. The summed E-state index contributed by atoms with van der Waals surface area (Å²) in [5, 5.41) is 11.6. The number of amides is 2. The largest absolute Gasteiger partial charge is 0.416 e. The van der Waals surface area contributed by atoms with Gasteiger partial charge in [-0.25, -0.2) is 8.42 Å². The Labute approximate surface area is 161 Å². The third kappa shape index (κ3) is 4.51. The van der Waals surface area contributed by atoms with Crippen LogP contribution in [0.3, 0.4) is 0 Å². The van der Waals surface area contributed by atoms with Crippen molar-refractivity contribution in [3.05, 3.63) is 41.5 Å². The lowest BCUT2D eigenvalue weighted by Crippen LogP contribution is -2.36. The average Bonchev–Trinajstić information content (AvgIpc) is 2.98. The predicted octanol–water partition coefficient (Wildman–Crippen LogP) is 2.41. The second-order valence-corrected chi connectivity index (χ2v) is 9.44. The summed E-state index contributed by atoms with van der Waals surface area (Å²) in [5.41, 5.74) is 1.84. The van der Waals surface area contributed by atoms with Crippen molar-refractivity contribution in [1.29, 1.82) is 0 Å². The number of benzene rings is 1. The minimum absolute atomic E-state index is 0.245. The SMILES string of the molecule is CC(C)(O)C(=O)Nc1sc(S(=O)(=O)c2cccc(C(F)(F)F)c2)cc1C(N)=O. The summed E-state index contributed by atoms with van der Waals surface area (Å²) in [4.78, 5) is 22.9. The number of primary amides is 1. The molecule has 2 amide bonds. The van der Waals surface area contributed by atoms with E-state index < -0.39 is 48.1 Å². The zero-order valence-corrected chi connectivity index (χ0v) is 16.1. The molecular formula is C16H15F3N2O5S2. The highest BCUT2D eigenvalue weighted by Gasteiger charge is 2.33. The van der Waals surface area contributed by atoms with Crippen LogP contribution in [0.25, 0.3) is 0 Å². The topological polar surface area (TPSA) is 127 Å². The van der Waals surface area contributed by atoms with E-state index in [-0.39, 0.29) is 10.6 Å². The van der Waals surface area contributed by atoms with Gasteiger partial charge in [0.05, 0.1) is 16.0 Å². The van der Waals surface area contributed by atoms with Crippen molar-refractivity contribution in [3.8, 4) is 0 Å². The van der Waals surface area contributed by atoms with Gasteiger partial charge in [0.2, 0.25) is 9.84 Å². The van der Waals surface area contributed by atoms with Crippen LogP contribution < -0.4 is 11.1 Å². The molecule has 1 aromatic carbocycles. The van der Waals surface area contributed by atoms with Crippen LogP contribution >= 0.6 is 11.3 Å². The van der Waals surface area contributed by atoms with Crippen LogP contribution in [0, 0.1) is 0 Å². The monoisotopic (exact) mass is 436 g/mol. The van der Waals surface area contributed by atoms with E-state index >= 15 is 0 Å². The summed E-state index contributed by atoms with van der Waals surface area (Å²) in [6, 6.07) is 3.96. The van der Waals surface area contributed by atoms with E-state index in [4.69, 9.17) is 5.73 Å². The number of alkyl halides is 3. The predicted molar refractivity (Wildman–Crippen MR) is 94.7 cm³/mol. The van der Waals surface area contributed by atoms with Crippen molar-refractivity contribution in [2.75, 3.05) is 5.32 Å². The molecular weight excluding hydrogens is 421 g/mol. The Hall–Kier alpha value is -2.44. The molecule has 1 aromatic heterocycles. The van der Waals surface area contributed by atoms with Crippen molar-refractivity contribution in [2.45, 2.75) is 34.7 Å². The summed E-state index contributed by atoms with van der Waals surface area (Å²) in [7, 11) is -4.43. The summed E-state index contributed by atoms with van der Waals surface area (Å²) in [6.45, 7) is 2.33. The third-order valence-electron chi connectivity index (χ3n) is 3.49. The van der Waals surface area contributed by atoms with Crippen molar-refractivity contribution in [3.63, 3.8) is 0 Å². The van der Waals surface area contributed by atoms with Crippen LogP contribution in [0.2, 0.25) is 0 Å². The van der Waals surface area contributed by atoms with Gasteiger partial charge in [-0.15, -0.1) is 11.3 Å². The smallest absolute Gasteiger partial charge is 0.381 e. The fourth-order valence-corrected chi connectivity index (χ4v) is 4.80. The number of hydrogen-bond donors (Lipinski definition) is 3. The van der Waals surface area contributed by atoms with Crippen LogP contribution in [0.4, 0.5) is 18.2 Å². The normalized spacial score (nSPS) is 12.6. The molecule has 0 atom stereocenters. The van der Waals surface area contributed by atoms with Gasteiger partial charge in [0.15, 0.2) is 0 Å². The van der Waals surface area contributed by atoms with Gasteiger partial charge in [-0.2, -0.15) is 13.2 Å². The highest BCUT2D eigenvalue weighted by molar-refractivity contribution is 7.93. The first-order valence-corrected chi connectivity index (χ1v) is 9.84. The Kier molecular flexibility index (Phi) is 5.61. The first-order valence-electron chi connectivity index (χ1n) is 7.54. The zero-order valence-electron chi connectivity index (χ0n) is 14.5. The Morgan fingerprint density at radius 1 is 1.18 bits per heavy atom. The van der Waals surface area contributed by atoms with E-state index in [2.05, 4.69) is 5.32 Å². The molecule has 0 aliphatic carbocycles. The molecule has 2 aromatic rings. The fourth-order valence-electron chi connectivity index (χ4n) is 1.99. The Morgan fingerprint density at radius 2 is 1.79 bits per heavy atom. The molecule has 0 aliphatic heterocycles. The lowest BCUT2D eigenvalue weighted by molar-refractivity contribution is -0.137. The molecule has 12 heteroatoms. The quantitative estimate of drug-likeness (QED) is 0.664. The maximum absolute atomic E-state index is 12.9. The molecule has 152 valence electrons. The van der Waals surface area contributed by atoms with Gasteiger partial charge in [0, 0.05) is 0 Å². The number of carbonyl (C=O) groups is 2. The molecule has 0 aliphatic rings. The van der Waals surface area contributed by atoms with Crippen molar-refractivity contribution >= 4 is 38.0 Å². The third-order valence-corrected chi connectivity index (χ3v) is 6.77. The molecule has 0 unspecified atom stereocenters. The van der Waals surface area contributed by atoms with Crippen molar-refractivity contribution < 1.29 is 36.3 Å². The summed E-state index contributed by atoms with van der Waals surface area (Å²) >= 11 is 0.434. The van der Waals surface area contributed by atoms with Crippen LogP contribution in [-0.2, 0) is 20.8 Å². The van der Waals surface area contributed by atoms with Crippen LogP contribution in [0.5, 0.6) is 0 Å². The molecule has 0 fully saturated rings. The van der Waals surface area contributed by atoms with E-state index in [9.17, 15) is 36.3 Å². The second kappa shape index (κ2) is 7.18. The van der Waals surface area contributed by atoms with Crippen LogP contribution in [0.15, 0.2) is 39.4 Å². The van der Waals surface area contributed by atoms with E-state index in [1.54, 1.807) is 0 Å². The molecule has 28 heavy (non-hydrogen) atoms. The molecule has 0 bridgehead atoms. The minimum atomic E-state index is -4.74. The van der Waals surface area contributed by atoms with Gasteiger partial charge in [0.1, 0.15) is 14.8 Å². The molecule has 0 spiro atoms. The minimum Gasteiger partial charge on any atom is -0.381 e. The zero-order chi connectivity index (χ0) is 21.5. The summed E-state index contributed by atoms with van der Waals surface area (Å²) in [6.07, 6.45) is -4.74. The molecule has 2 rings (SSSR count). The highest BCUT2D eigenvalue weighted by Crippen LogP contribution is 2.37. The number of rotatable bonds is 5. The summed E-state index contributed by atoms with van der Waals surface area (Å²) in [5.74, 6) is -1.99. The van der Waals surface area contributed by atoms with E-state index in [0.717, 1.165) is 24.3 Å². The molecule has 0 radical (unpaired) electrons. The van der Waals surface area contributed by atoms with Crippen LogP contribution in [-0.4, -0.2) is 30.9 Å². The van der Waals surface area contributed by atoms with Gasteiger partial charge >= 0.3 is 6.18 Å². The van der Waals surface area contributed by atoms with Gasteiger partial charge < -0.3 is 16.2 Å². The number of anilines is 1. The Morgan fingerprint density at radius 3 is 2.29 bits per heavy atom. The number of sulfone groups is 1. The Bertz CT molecular complexity index is 1040. The lowest BCUT2D eigenvalue weighted by atomic mass is 10.1. The average molecular weight is 436 g/mol. The molecule has 0 saturated carbocycles. The maximum atomic E-state index is 12.9. The molecule has 4 N–H and O–H groups in total. The Balaban J connectivity index is 2.54. The van der Waals surface area contributed by atoms with Crippen LogP contribution in [0.1, 0.15) is 29.8 Å². The van der Waals surface area contributed by atoms with Gasteiger partial charge in [-0.05, 0) is 38.1 Å². The first-order chi connectivity index (χ1) is 12.6. The van der Waals surface area contributed by atoms with Gasteiger partial charge in [0.25, 0.3) is 11.8 Å². The number of carbonyl (C=O) groups excluding carboxylic acids is 2.